The number of rotatable bonds is 4. The molecule has 2 N–H and O–H groups in total. The van der Waals surface area contributed by atoms with E-state index in [1.54, 1.807) is 0 Å². The van der Waals surface area contributed by atoms with Gasteiger partial charge in [0.05, 0.1) is 12.1 Å². The maximum absolute atomic E-state index is 10.7. The Morgan fingerprint density at radius 1 is 1.39 bits per heavy atom. The van der Waals surface area contributed by atoms with Gasteiger partial charge in [-0.2, -0.15) is 0 Å². The molecule has 94 valence electrons. The molecule has 4 nitrogen and oxygen atoms in total. The number of aryl methyl sites for hydroxylation is 2. The van der Waals surface area contributed by atoms with Crippen LogP contribution in [0.25, 0.3) is 0 Å². The van der Waals surface area contributed by atoms with E-state index < -0.39 is 5.97 Å². The van der Waals surface area contributed by atoms with Crippen LogP contribution in [0.15, 0.2) is 24.3 Å². The summed E-state index contributed by atoms with van der Waals surface area (Å²) in [4.78, 5) is 18.2. The van der Waals surface area contributed by atoms with E-state index in [9.17, 15) is 4.79 Å². The van der Waals surface area contributed by atoms with Crippen LogP contribution in [0.1, 0.15) is 28.3 Å². The van der Waals surface area contributed by atoms with Crippen LogP contribution in [0.2, 0.25) is 0 Å². The van der Waals surface area contributed by atoms with Crippen LogP contribution in [0.4, 0.5) is 0 Å². The molecule has 0 aliphatic heterocycles. The van der Waals surface area contributed by atoms with Crippen molar-refractivity contribution in [2.24, 2.45) is 0 Å². The van der Waals surface area contributed by atoms with Crippen molar-refractivity contribution >= 4 is 5.97 Å². The quantitative estimate of drug-likeness (QED) is 0.866. The molecule has 1 aromatic carbocycles. The Morgan fingerprint density at radius 3 is 2.83 bits per heavy atom. The predicted octanol–water partition coefficient (Wildman–Crippen LogP) is 2.24. The van der Waals surface area contributed by atoms with Crippen molar-refractivity contribution in [1.29, 1.82) is 0 Å². The molecular weight excluding hydrogens is 228 g/mol. The molecule has 1 heterocycles. The molecule has 0 amide bonds. The fraction of sp³-hybridized carbons (Fsp3) is 0.286. The zero-order valence-corrected chi connectivity index (χ0v) is 10.5. The molecule has 0 saturated carbocycles. The highest BCUT2D eigenvalue weighted by molar-refractivity contribution is 5.69. The Labute approximate surface area is 106 Å². The number of H-pyrrole nitrogens is 1. The first-order valence-corrected chi connectivity index (χ1v) is 5.86. The number of hydrogen-bond donors (Lipinski definition) is 2. The molecular formula is C14H16N2O2. The maximum Gasteiger partial charge on any atom is 0.309 e. The summed E-state index contributed by atoms with van der Waals surface area (Å²) in [6, 6.07) is 8.21. The van der Waals surface area contributed by atoms with E-state index in [0.29, 0.717) is 12.1 Å². The molecule has 2 rings (SSSR count). The van der Waals surface area contributed by atoms with Crippen molar-refractivity contribution in [2.45, 2.75) is 26.7 Å². The molecule has 0 saturated heterocycles. The zero-order valence-electron chi connectivity index (χ0n) is 10.5. The van der Waals surface area contributed by atoms with Crippen LogP contribution >= 0.6 is 0 Å². The fourth-order valence-electron chi connectivity index (χ4n) is 1.98. The lowest BCUT2D eigenvalue weighted by Crippen LogP contribution is -2.01. The summed E-state index contributed by atoms with van der Waals surface area (Å²) in [5, 5.41) is 8.77. The lowest BCUT2D eigenvalue weighted by Gasteiger charge is -1.99. The summed E-state index contributed by atoms with van der Waals surface area (Å²) in [5.41, 5.74) is 3.83. The highest BCUT2D eigenvalue weighted by Crippen LogP contribution is 2.12. The summed E-state index contributed by atoms with van der Waals surface area (Å²) >= 11 is 0. The number of aromatic amines is 1. The average Bonchev–Trinajstić information content (AvgIpc) is 2.58. The SMILES string of the molecule is Cc1cccc(Cc2nc(CC(=O)O)c(C)[nH]2)c1. The highest BCUT2D eigenvalue weighted by atomic mass is 16.4. The second-order valence-corrected chi connectivity index (χ2v) is 4.49. The Morgan fingerprint density at radius 2 is 2.17 bits per heavy atom. The van der Waals surface area contributed by atoms with Gasteiger partial charge in [-0.05, 0) is 19.4 Å². The average molecular weight is 244 g/mol. The molecule has 0 unspecified atom stereocenters. The van der Waals surface area contributed by atoms with Gasteiger partial charge in [-0.15, -0.1) is 0 Å². The number of aromatic nitrogens is 2. The van der Waals surface area contributed by atoms with E-state index in [2.05, 4.69) is 16.0 Å². The second-order valence-electron chi connectivity index (χ2n) is 4.49. The summed E-state index contributed by atoms with van der Waals surface area (Å²) in [6.45, 7) is 3.90. The molecule has 0 aliphatic carbocycles. The van der Waals surface area contributed by atoms with Gasteiger partial charge in [-0.3, -0.25) is 4.79 Å². The minimum Gasteiger partial charge on any atom is -0.481 e. The monoisotopic (exact) mass is 244 g/mol. The summed E-state index contributed by atoms with van der Waals surface area (Å²) in [6.07, 6.45) is 0.665. The number of hydrogen-bond acceptors (Lipinski definition) is 2. The first-order chi connectivity index (χ1) is 8.54. The minimum atomic E-state index is -0.855. The summed E-state index contributed by atoms with van der Waals surface area (Å²) in [5.74, 6) is -0.0407. The lowest BCUT2D eigenvalue weighted by molar-refractivity contribution is -0.136. The molecule has 2 aromatic rings. The molecule has 18 heavy (non-hydrogen) atoms. The molecule has 0 bridgehead atoms. The predicted molar refractivity (Wildman–Crippen MR) is 68.6 cm³/mol. The number of benzene rings is 1. The largest absolute Gasteiger partial charge is 0.481 e. The van der Waals surface area contributed by atoms with Gasteiger partial charge in [-0.1, -0.05) is 29.8 Å². The molecule has 0 aliphatic rings. The normalized spacial score (nSPS) is 10.6. The first kappa shape index (κ1) is 12.4. The third-order valence-corrected chi connectivity index (χ3v) is 2.81. The maximum atomic E-state index is 10.7. The Balaban J connectivity index is 2.17. The molecule has 0 radical (unpaired) electrons. The first-order valence-electron chi connectivity index (χ1n) is 5.86. The van der Waals surface area contributed by atoms with Gasteiger partial charge in [-0.25, -0.2) is 4.98 Å². The van der Waals surface area contributed by atoms with Crippen LogP contribution in [0.3, 0.4) is 0 Å². The Kier molecular flexibility index (Phi) is 3.46. The fourth-order valence-corrected chi connectivity index (χ4v) is 1.98. The van der Waals surface area contributed by atoms with Crippen LogP contribution in [-0.2, 0) is 17.6 Å². The molecule has 4 heteroatoms. The van der Waals surface area contributed by atoms with Gasteiger partial charge in [0.25, 0.3) is 0 Å². The Bertz CT molecular complexity index is 573. The van der Waals surface area contributed by atoms with Gasteiger partial charge in [0.1, 0.15) is 5.82 Å². The van der Waals surface area contributed by atoms with E-state index in [1.807, 2.05) is 32.0 Å². The van der Waals surface area contributed by atoms with E-state index in [0.717, 1.165) is 11.5 Å². The third kappa shape index (κ3) is 2.97. The molecule has 0 atom stereocenters. The van der Waals surface area contributed by atoms with E-state index in [4.69, 9.17) is 5.11 Å². The van der Waals surface area contributed by atoms with Crippen LogP contribution in [-0.4, -0.2) is 21.0 Å². The summed E-state index contributed by atoms with van der Waals surface area (Å²) in [7, 11) is 0. The van der Waals surface area contributed by atoms with Crippen molar-refractivity contribution in [3.8, 4) is 0 Å². The van der Waals surface area contributed by atoms with Gasteiger partial charge < -0.3 is 10.1 Å². The van der Waals surface area contributed by atoms with Gasteiger partial charge in [0, 0.05) is 12.1 Å². The Hall–Kier alpha value is -2.10. The van der Waals surface area contributed by atoms with Gasteiger partial charge in [0.2, 0.25) is 0 Å². The van der Waals surface area contributed by atoms with Crippen molar-refractivity contribution < 1.29 is 9.90 Å². The third-order valence-electron chi connectivity index (χ3n) is 2.81. The summed E-state index contributed by atoms with van der Waals surface area (Å²) < 4.78 is 0. The lowest BCUT2D eigenvalue weighted by atomic mass is 10.1. The topological polar surface area (TPSA) is 66.0 Å². The van der Waals surface area contributed by atoms with Crippen molar-refractivity contribution in [1.82, 2.24) is 9.97 Å². The van der Waals surface area contributed by atoms with Crippen LogP contribution in [0, 0.1) is 13.8 Å². The number of nitrogens with one attached hydrogen (secondary N) is 1. The number of aliphatic carboxylic acids is 1. The van der Waals surface area contributed by atoms with Crippen molar-refractivity contribution in [3.63, 3.8) is 0 Å². The number of carboxylic acids is 1. The molecule has 0 fully saturated rings. The molecule has 0 spiro atoms. The van der Waals surface area contributed by atoms with E-state index >= 15 is 0 Å². The number of carboxylic acid groups (broad SMARTS) is 1. The van der Waals surface area contributed by atoms with Crippen molar-refractivity contribution in [3.05, 3.63) is 52.6 Å². The van der Waals surface area contributed by atoms with Crippen LogP contribution in [0.5, 0.6) is 0 Å². The molecule has 1 aromatic heterocycles. The standard InChI is InChI=1S/C14H16N2O2/c1-9-4-3-5-11(6-9)7-13-15-10(2)12(16-13)8-14(17)18/h3-6H,7-8H2,1-2H3,(H,15,16)(H,17,18). The number of carbonyl (C=O) groups is 1. The van der Waals surface area contributed by atoms with Crippen molar-refractivity contribution in [2.75, 3.05) is 0 Å². The second kappa shape index (κ2) is 5.04. The van der Waals surface area contributed by atoms with Gasteiger partial charge in [0.15, 0.2) is 0 Å². The van der Waals surface area contributed by atoms with E-state index in [-0.39, 0.29) is 6.42 Å². The zero-order chi connectivity index (χ0) is 13.1. The van der Waals surface area contributed by atoms with Gasteiger partial charge >= 0.3 is 5.97 Å². The van der Waals surface area contributed by atoms with Crippen LogP contribution < -0.4 is 0 Å². The smallest absolute Gasteiger partial charge is 0.309 e. The minimum absolute atomic E-state index is 0.0316. The highest BCUT2D eigenvalue weighted by Gasteiger charge is 2.10. The number of imidazole rings is 1. The number of nitrogens with zero attached hydrogens (tertiary/aromatic N) is 1. The van der Waals surface area contributed by atoms with E-state index in [1.165, 1.54) is 11.1 Å².